The Bertz CT molecular complexity index is 399. The first-order valence-electron chi connectivity index (χ1n) is 4.62. The fraction of sp³-hybridized carbons (Fsp3) is 0.364. The van der Waals surface area contributed by atoms with E-state index in [0.29, 0.717) is 17.0 Å². The summed E-state index contributed by atoms with van der Waals surface area (Å²) in [5.74, 6) is -0.763. The molecule has 0 aromatic heterocycles. The van der Waals surface area contributed by atoms with Crippen molar-refractivity contribution in [1.29, 1.82) is 0 Å². The van der Waals surface area contributed by atoms with Gasteiger partial charge in [0, 0.05) is 11.4 Å². The van der Waals surface area contributed by atoms with Crippen LogP contribution < -0.4 is 0 Å². The molecule has 0 bridgehead atoms. The summed E-state index contributed by atoms with van der Waals surface area (Å²) in [5, 5.41) is 18.8. The highest BCUT2D eigenvalue weighted by Gasteiger charge is 2.12. The summed E-state index contributed by atoms with van der Waals surface area (Å²) in [4.78, 5) is 10.4. The second-order valence-electron chi connectivity index (χ2n) is 3.52. The van der Waals surface area contributed by atoms with E-state index in [2.05, 4.69) is 0 Å². The van der Waals surface area contributed by atoms with Gasteiger partial charge in [-0.1, -0.05) is 11.6 Å². The second-order valence-corrected chi connectivity index (χ2v) is 3.90. The van der Waals surface area contributed by atoms with Crippen molar-refractivity contribution in [3.05, 3.63) is 27.8 Å². The average molecular weight is 229 g/mol. The lowest BCUT2D eigenvalue weighted by molar-refractivity contribution is -0.136. The van der Waals surface area contributed by atoms with Crippen LogP contribution in [0.5, 0.6) is 5.75 Å². The molecule has 1 rings (SSSR count). The van der Waals surface area contributed by atoms with E-state index < -0.39 is 5.97 Å². The molecule has 0 atom stereocenters. The van der Waals surface area contributed by atoms with E-state index in [1.165, 1.54) is 0 Å². The third-order valence-electron chi connectivity index (χ3n) is 2.38. The van der Waals surface area contributed by atoms with Gasteiger partial charge in [0.1, 0.15) is 5.75 Å². The number of carboxylic acid groups (broad SMARTS) is 1. The summed E-state index contributed by atoms with van der Waals surface area (Å²) in [6.45, 7) is 3.59. The molecule has 0 radical (unpaired) electrons. The molecule has 2 N–H and O–H groups in total. The van der Waals surface area contributed by atoms with Crippen molar-refractivity contribution in [3.8, 4) is 5.75 Å². The van der Waals surface area contributed by atoms with Gasteiger partial charge in [-0.05, 0) is 43.0 Å². The van der Waals surface area contributed by atoms with Crippen LogP contribution in [0.4, 0.5) is 0 Å². The van der Waals surface area contributed by atoms with E-state index in [-0.39, 0.29) is 12.2 Å². The van der Waals surface area contributed by atoms with E-state index >= 15 is 0 Å². The Morgan fingerprint density at radius 3 is 2.60 bits per heavy atom. The Kier molecular flexibility index (Phi) is 3.58. The zero-order chi connectivity index (χ0) is 11.6. The Morgan fingerprint density at radius 2 is 2.07 bits per heavy atom. The van der Waals surface area contributed by atoms with Crippen LogP contribution in [0, 0.1) is 13.8 Å². The number of hydrogen-bond acceptors (Lipinski definition) is 2. The molecule has 0 amide bonds. The van der Waals surface area contributed by atoms with E-state index in [9.17, 15) is 9.90 Å². The second kappa shape index (κ2) is 4.53. The number of halogens is 1. The summed E-state index contributed by atoms with van der Waals surface area (Å²) in [6.07, 6.45) is 0.292. The minimum absolute atomic E-state index is 0.00616. The third kappa shape index (κ3) is 2.63. The van der Waals surface area contributed by atoms with E-state index in [4.69, 9.17) is 16.7 Å². The number of carboxylic acids is 1. The first-order valence-corrected chi connectivity index (χ1v) is 5.00. The number of aryl methyl sites for hydroxylation is 1. The number of aliphatic carboxylic acids is 1. The zero-order valence-corrected chi connectivity index (χ0v) is 9.43. The van der Waals surface area contributed by atoms with Crippen LogP contribution in [-0.2, 0) is 11.2 Å². The molecule has 0 aliphatic rings. The van der Waals surface area contributed by atoms with Gasteiger partial charge in [-0.15, -0.1) is 0 Å². The molecule has 15 heavy (non-hydrogen) atoms. The lowest BCUT2D eigenvalue weighted by Gasteiger charge is -2.11. The number of benzene rings is 1. The molecule has 1 aromatic carbocycles. The molecule has 0 spiro atoms. The lowest BCUT2D eigenvalue weighted by atomic mass is 10.00. The molecule has 82 valence electrons. The largest absolute Gasteiger partial charge is 0.508 e. The highest BCUT2D eigenvalue weighted by atomic mass is 35.5. The number of phenols is 1. The number of phenolic OH excluding ortho intramolecular Hbond substituents is 1. The molecule has 0 saturated heterocycles. The number of carbonyl (C=O) groups is 1. The molecule has 0 heterocycles. The van der Waals surface area contributed by atoms with Crippen LogP contribution >= 0.6 is 11.6 Å². The summed E-state index contributed by atoms with van der Waals surface area (Å²) in [6, 6.07) is 1.56. The highest BCUT2D eigenvalue weighted by molar-refractivity contribution is 6.32. The molecule has 1 aromatic rings. The molecule has 0 aliphatic carbocycles. The molecule has 0 aliphatic heterocycles. The average Bonchev–Trinajstić information content (AvgIpc) is 2.14. The molecular weight excluding hydrogens is 216 g/mol. The van der Waals surface area contributed by atoms with Crippen molar-refractivity contribution in [1.82, 2.24) is 0 Å². The molecular formula is C11H13ClO3. The van der Waals surface area contributed by atoms with Crippen molar-refractivity contribution in [2.75, 3.05) is 0 Å². The molecule has 0 saturated carbocycles. The SMILES string of the molecule is Cc1cc(O)c(CCC(=O)O)c(C)c1Cl. The van der Waals surface area contributed by atoms with Crippen molar-refractivity contribution < 1.29 is 15.0 Å². The van der Waals surface area contributed by atoms with E-state index in [1.807, 2.05) is 0 Å². The van der Waals surface area contributed by atoms with Crippen LogP contribution in [-0.4, -0.2) is 16.2 Å². The van der Waals surface area contributed by atoms with Crippen molar-refractivity contribution >= 4 is 17.6 Å². The van der Waals surface area contributed by atoms with Crippen LogP contribution in [0.3, 0.4) is 0 Å². The predicted molar refractivity (Wildman–Crippen MR) is 58.5 cm³/mol. The fourth-order valence-electron chi connectivity index (χ4n) is 1.52. The summed E-state index contributed by atoms with van der Waals surface area (Å²) < 4.78 is 0. The fourth-order valence-corrected chi connectivity index (χ4v) is 1.69. The van der Waals surface area contributed by atoms with Crippen LogP contribution in [0.2, 0.25) is 5.02 Å². The van der Waals surface area contributed by atoms with E-state index in [0.717, 1.165) is 11.1 Å². The van der Waals surface area contributed by atoms with Crippen molar-refractivity contribution in [2.24, 2.45) is 0 Å². The van der Waals surface area contributed by atoms with Gasteiger partial charge in [-0.3, -0.25) is 4.79 Å². The predicted octanol–water partition coefficient (Wildman–Crippen LogP) is 2.68. The standard InChI is InChI=1S/C11H13ClO3/c1-6-5-9(13)8(3-4-10(14)15)7(2)11(6)12/h5,13H,3-4H2,1-2H3,(H,14,15). The summed E-state index contributed by atoms with van der Waals surface area (Å²) in [7, 11) is 0. The van der Waals surface area contributed by atoms with Gasteiger partial charge < -0.3 is 10.2 Å². The molecule has 0 fully saturated rings. The van der Waals surface area contributed by atoms with Crippen LogP contribution in [0.15, 0.2) is 6.07 Å². The molecule has 3 nitrogen and oxygen atoms in total. The maximum Gasteiger partial charge on any atom is 0.303 e. The normalized spacial score (nSPS) is 10.3. The Morgan fingerprint density at radius 1 is 1.47 bits per heavy atom. The topological polar surface area (TPSA) is 57.5 Å². The summed E-state index contributed by atoms with van der Waals surface area (Å²) in [5.41, 5.74) is 2.18. The maximum atomic E-state index is 10.4. The highest BCUT2D eigenvalue weighted by Crippen LogP contribution is 2.31. The Hall–Kier alpha value is -1.22. The quantitative estimate of drug-likeness (QED) is 0.836. The smallest absolute Gasteiger partial charge is 0.303 e. The van der Waals surface area contributed by atoms with Gasteiger partial charge in [-0.2, -0.15) is 0 Å². The van der Waals surface area contributed by atoms with E-state index in [1.54, 1.807) is 19.9 Å². The Labute approximate surface area is 93.3 Å². The number of rotatable bonds is 3. The van der Waals surface area contributed by atoms with Gasteiger partial charge in [0.2, 0.25) is 0 Å². The monoisotopic (exact) mass is 228 g/mol. The lowest BCUT2D eigenvalue weighted by Crippen LogP contribution is -2.00. The van der Waals surface area contributed by atoms with Gasteiger partial charge in [0.05, 0.1) is 0 Å². The van der Waals surface area contributed by atoms with Gasteiger partial charge in [0.15, 0.2) is 0 Å². The molecule has 0 unspecified atom stereocenters. The minimum atomic E-state index is -0.884. The maximum absolute atomic E-state index is 10.4. The van der Waals surface area contributed by atoms with Crippen molar-refractivity contribution in [3.63, 3.8) is 0 Å². The Balaban J connectivity index is 3.07. The minimum Gasteiger partial charge on any atom is -0.508 e. The third-order valence-corrected chi connectivity index (χ3v) is 2.96. The summed E-state index contributed by atoms with van der Waals surface area (Å²) >= 11 is 6.01. The number of aromatic hydroxyl groups is 1. The first kappa shape index (κ1) is 11.9. The van der Waals surface area contributed by atoms with Gasteiger partial charge in [0.25, 0.3) is 0 Å². The zero-order valence-electron chi connectivity index (χ0n) is 8.67. The van der Waals surface area contributed by atoms with Gasteiger partial charge in [-0.25, -0.2) is 0 Å². The van der Waals surface area contributed by atoms with Crippen molar-refractivity contribution in [2.45, 2.75) is 26.7 Å². The van der Waals surface area contributed by atoms with Crippen LogP contribution in [0.25, 0.3) is 0 Å². The first-order chi connectivity index (χ1) is 6.93. The van der Waals surface area contributed by atoms with Crippen LogP contribution in [0.1, 0.15) is 23.1 Å². The van der Waals surface area contributed by atoms with Gasteiger partial charge >= 0.3 is 5.97 Å². The number of hydrogen-bond donors (Lipinski definition) is 2. The molecule has 4 heteroatoms.